The van der Waals surface area contributed by atoms with Crippen LogP contribution in [0, 0.1) is 6.92 Å². The van der Waals surface area contributed by atoms with E-state index in [9.17, 15) is 9.59 Å². The van der Waals surface area contributed by atoms with Crippen LogP contribution in [-0.2, 0) is 22.6 Å². The van der Waals surface area contributed by atoms with Crippen LogP contribution >= 0.6 is 0 Å². The van der Waals surface area contributed by atoms with Gasteiger partial charge in [-0.1, -0.05) is 42.0 Å². The van der Waals surface area contributed by atoms with Gasteiger partial charge < -0.3 is 15.0 Å². The van der Waals surface area contributed by atoms with E-state index >= 15 is 0 Å². The first-order valence-electron chi connectivity index (χ1n) is 9.80. The van der Waals surface area contributed by atoms with Crippen molar-refractivity contribution < 1.29 is 14.3 Å². The molecule has 148 valence electrons. The zero-order valence-electron chi connectivity index (χ0n) is 16.6. The highest BCUT2D eigenvalue weighted by molar-refractivity contribution is 5.82. The number of rotatable bonds is 8. The molecule has 0 aliphatic carbocycles. The van der Waals surface area contributed by atoms with E-state index in [1.165, 1.54) is 5.56 Å². The van der Waals surface area contributed by atoms with E-state index in [1.54, 1.807) is 7.11 Å². The second-order valence-electron chi connectivity index (χ2n) is 7.36. The number of carbonyl (C=O) groups is 2. The van der Waals surface area contributed by atoms with Gasteiger partial charge in [0.2, 0.25) is 11.8 Å². The molecule has 1 aliphatic rings. The van der Waals surface area contributed by atoms with Gasteiger partial charge in [-0.3, -0.25) is 9.59 Å². The zero-order valence-corrected chi connectivity index (χ0v) is 16.6. The molecule has 1 aliphatic heterocycles. The molecule has 0 aromatic heterocycles. The molecule has 2 amide bonds. The largest absolute Gasteiger partial charge is 0.497 e. The van der Waals surface area contributed by atoms with Gasteiger partial charge in [0.1, 0.15) is 5.75 Å². The summed E-state index contributed by atoms with van der Waals surface area (Å²) < 4.78 is 5.22. The lowest BCUT2D eigenvalue weighted by atomic mass is 10.1. The summed E-state index contributed by atoms with van der Waals surface area (Å²) in [6.45, 7) is 3.19. The zero-order chi connectivity index (χ0) is 19.9. The van der Waals surface area contributed by atoms with Crippen molar-refractivity contribution in [3.63, 3.8) is 0 Å². The number of benzene rings is 2. The van der Waals surface area contributed by atoms with Gasteiger partial charge in [0.05, 0.1) is 7.11 Å². The summed E-state index contributed by atoms with van der Waals surface area (Å²) in [7, 11) is 1.64. The first-order valence-corrected chi connectivity index (χ1v) is 9.80. The van der Waals surface area contributed by atoms with E-state index in [0.717, 1.165) is 29.7 Å². The molecule has 0 saturated carbocycles. The van der Waals surface area contributed by atoms with Crippen LogP contribution in [0.25, 0.3) is 0 Å². The molecule has 1 unspecified atom stereocenters. The minimum absolute atomic E-state index is 0.00324. The molecule has 2 aromatic rings. The van der Waals surface area contributed by atoms with Gasteiger partial charge in [0.25, 0.3) is 0 Å². The van der Waals surface area contributed by atoms with E-state index in [-0.39, 0.29) is 17.9 Å². The molecule has 1 N–H and O–H groups in total. The predicted molar refractivity (Wildman–Crippen MR) is 109 cm³/mol. The Hall–Kier alpha value is -2.82. The molecular formula is C23H28N2O3. The number of aryl methyl sites for hydroxylation is 1. The van der Waals surface area contributed by atoms with Crippen LogP contribution in [-0.4, -0.2) is 36.4 Å². The van der Waals surface area contributed by atoms with E-state index < -0.39 is 0 Å². The first-order chi connectivity index (χ1) is 13.5. The van der Waals surface area contributed by atoms with E-state index in [4.69, 9.17) is 4.74 Å². The third-order valence-corrected chi connectivity index (χ3v) is 5.22. The Morgan fingerprint density at radius 2 is 1.96 bits per heavy atom. The molecular weight excluding hydrogens is 352 g/mol. The molecule has 1 atom stereocenters. The number of ether oxygens (including phenoxy) is 1. The van der Waals surface area contributed by atoms with Crippen molar-refractivity contribution in [2.24, 2.45) is 0 Å². The Morgan fingerprint density at radius 3 is 2.71 bits per heavy atom. The Balaban J connectivity index is 1.49. The molecule has 1 saturated heterocycles. The molecule has 2 aromatic carbocycles. The van der Waals surface area contributed by atoms with Gasteiger partial charge in [-0.15, -0.1) is 0 Å². The standard InChI is InChI=1S/C23H28N2O3/c1-17-6-8-19(9-7-17)16-25-20(10-11-23(25)27)15-22(26)24-13-12-18-4-3-5-21(14-18)28-2/h3-9,14,20H,10-13,15-16H2,1-2H3,(H,24,26). The van der Waals surface area contributed by atoms with Crippen LogP contribution in [0.2, 0.25) is 0 Å². The number of hydrogen-bond acceptors (Lipinski definition) is 3. The molecule has 3 rings (SSSR count). The van der Waals surface area contributed by atoms with Gasteiger partial charge in [-0.05, 0) is 43.0 Å². The van der Waals surface area contributed by atoms with E-state index in [2.05, 4.69) is 17.4 Å². The van der Waals surface area contributed by atoms with Crippen molar-refractivity contribution in [3.8, 4) is 5.75 Å². The predicted octanol–water partition coefficient (Wildman–Crippen LogP) is 3.24. The molecule has 0 radical (unpaired) electrons. The number of nitrogens with one attached hydrogen (secondary N) is 1. The molecule has 1 heterocycles. The minimum Gasteiger partial charge on any atom is -0.497 e. The maximum atomic E-state index is 12.4. The summed E-state index contributed by atoms with van der Waals surface area (Å²) in [4.78, 5) is 26.5. The maximum absolute atomic E-state index is 12.4. The van der Waals surface area contributed by atoms with Gasteiger partial charge >= 0.3 is 0 Å². The highest BCUT2D eigenvalue weighted by Gasteiger charge is 2.32. The van der Waals surface area contributed by atoms with Gasteiger partial charge in [0.15, 0.2) is 0 Å². The summed E-state index contributed by atoms with van der Waals surface area (Å²) in [5.41, 5.74) is 3.42. The van der Waals surface area contributed by atoms with Crippen LogP contribution < -0.4 is 10.1 Å². The molecule has 5 nitrogen and oxygen atoms in total. The first kappa shape index (κ1) is 19.9. The third kappa shape index (κ3) is 5.35. The number of hydrogen-bond donors (Lipinski definition) is 1. The summed E-state index contributed by atoms with van der Waals surface area (Å²) >= 11 is 0. The number of amides is 2. The SMILES string of the molecule is COc1cccc(CCNC(=O)CC2CCC(=O)N2Cc2ccc(C)cc2)c1. The summed E-state index contributed by atoms with van der Waals surface area (Å²) in [5, 5.41) is 2.98. The van der Waals surface area contributed by atoms with E-state index in [1.807, 2.05) is 48.2 Å². The van der Waals surface area contributed by atoms with Crippen molar-refractivity contribution in [2.45, 2.75) is 45.2 Å². The van der Waals surface area contributed by atoms with Gasteiger partial charge in [-0.25, -0.2) is 0 Å². The Kier molecular flexibility index (Phi) is 6.69. The van der Waals surface area contributed by atoms with Crippen molar-refractivity contribution >= 4 is 11.8 Å². The summed E-state index contributed by atoms with van der Waals surface area (Å²) in [5.74, 6) is 0.950. The van der Waals surface area contributed by atoms with Crippen molar-refractivity contribution in [2.75, 3.05) is 13.7 Å². The topological polar surface area (TPSA) is 58.6 Å². The lowest BCUT2D eigenvalue weighted by molar-refractivity contribution is -0.130. The highest BCUT2D eigenvalue weighted by Crippen LogP contribution is 2.24. The lowest BCUT2D eigenvalue weighted by Crippen LogP contribution is -2.37. The van der Waals surface area contributed by atoms with Crippen LogP contribution in [0.3, 0.4) is 0 Å². The summed E-state index contributed by atoms with van der Waals surface area (Å²) in [6.07, 6.45) is 2.37. The Bertz CT molecular complexity index is 817. The lowest BCUT2D eigenvalue weighted by Gasteiger charge is -2.24. The third-order valence-electron chi connectivity index (χ3n) is 5.22. The number of nitrogens with zero attached hydrogens (tertiary/aromatic N) is 1. The van der Waals surface area contributed by atoms with E-state index in [0.29, 0.717) is 25.9 Å². The van der Waals surface area contributed by atoms with Crippen molar-refractivity contribution in [1.29, 1.82) is 0 Å². The summed E-state index contributed by atoms with van der Waals surface area (Å²) in [6, 6.07) is 16.0. The average molecular weight is 380 g/mol. The van der Waals surface area contributed by atoms with Crippen LogP contribution in [0.4, 0.5) is 0 Å². The number of likely N-dealkylation sites (tertiary alicyclic amines) is 1. The monoisotopic (exact) mass is 380 g/mol. The van der Waals surface area contributed by atoms with Gasteiger partial charge in [0, 0.05) is 32.0 Å². The number of carbonyl (C=O) groups excluding carboxylic acids is 2. The van der Waals surface area contributed by atoms with Crippen molar-refractivity contribution in [1.82, 2.24) is 10.2 Å². The second kappa shape index (κ2) is 9.40. The van der Waals surface area contributed by atoms with Crippen LogP contribution in [0.1, 0.15) is 36.0 Å². The Morgan fingerprint density at radius 1 is 1.18 bits per heavy atom. The molecule has 0 spiro atoms. The number of methoxy groups -OCH3 is 1. The fraction of sp³-hybridized carbons (Fsp3) is 0.391. The fourth-order valence-corrected chi connectivity index (χ4v) is 3.57. The molecule has 1 fully saturated rings. The normalized spacial score (nSPS) is 16.3. The van der Waals surface area contributed by atoms with Crippen molar-refractivity contribution in [3.05, 3.63) is 65.2 Å². The van der Waals surface area contributed by atoms with Crippen LogP contribution in [0.15, 0.2) is 48.5 Å². The molecule has 5 heteroatoms. The second-order valence-corrected chi connectivity index (χ2v) is 7.36. The quantitative estimate of drug-likeness (QED) is 0.765. The fourth-order valence-electron chi connectivity index (χ4n) is 3.57. The van der Waals surface area contributed by atoms with Crippen LogP contribution in [0.5, 0.6) is 5.75 Å². The van der Waals surface area contributed by atoms with Gasteiger partial charge in [-0.2, -0.15) is 0 Å². The maximum Gasteiger partial charge on any atom is 0.223 e. The Labute approximate surface area is 166 Å². The molecule has 28 heavy (non-hydrogen) atoms. The molecule has 0 bridgehead atoms. The minimum atomic E-state index is -0.0226. The smallest absolute Gasteiger partial charge is 0.223 e. The average Bonchev–Trinajstić information content (AvgIpc) is 3.03. The highest BCUT2D eigenvalue weighted by atomic mass is 16.5.